The molecule has 1 aromatic rings. The van der Waals surface area contributed by atoms with Crippen molar-refractivity contribution >= 4 is 23.2 Å². The first-order valence-corrected chi connectivity index (χ1v) is 8.81. The molecule has 2 fully saturated rings. The number of anilines is 1. The van der Waals surface area contributed by atoms with E-state index in [4.69, 9.17) is 11.6 Å². The zero-order valence-electron chi connectivity index (χ0n) is 13.8. The van der Waals surface area contributed by atoms with Gasteiger partial charge in [-0.05, 0) is 43.7 Å². The van der Waals surface area contributed by atoms with Crippen molar-refractivity contribution in [3.63, 3.8) is 0 Å². The monoisotopic (exact) mass is 375 g/mol. The Morgan fingerprint density at radius 3 is 2.44 bits per heavy atom. The van der Waals surface area contributed by atoms with Crippen LogP contribution in [-0.4, -0.2) is 67.2 Å². The number of halogens is 4. The molecule has 2 saturated heterocycles. The molecule has 0 bridgehead atoms. The molecule has 138 valence electrons. The Labute approximate surface area is 150 Å². The van der Waals surface area contributed by atoms with Gasteiger partial charge in [0, 0.05) is 36.9 Å². The van der Waals surface area contributed by atoms with Gasteiger partial charge in [-0.25, -0.2) is 0 Å². The van der Waals surface area contributed by atoms with Gasteiger partial charge in [-0.1, -0.05) is 11.6 Å². The number of hydrogen-bond donors (Lipinski definition) is 0. The fraction of sp³-hybridized carbons (Fsp3) is 0.588. The lowest BCUT2D eigenvalue weighted by molar-refractivity contribution is -0.145. The van der Waals surface area contributed by atoms with Crippen LogP contribution in [0, 0.1) is 0 Å². The Bertz CT molecular complexity index is 608. The minimum atomic E-state index is -4.18. The quantitative estimate of drug-likeness (QED) is 0.812. The summed E-state index contributed by atoms with van der Waals surface area (Å²) in [5.41, 5.74) is 0.811. The average Bonchev–Trinajstić information content (AvgIpc) is 2.76. The molecular formula is C17H21ClF3N3O. The fourth-order valence-corrected chi connectivity index (χ4v) is 3.72. The van der Waals surface area contributed by atoms with Gasteiger partial charge in [0.25, 0.3) is 0 Å². The van der Waals surface area contributed by atoms with Crippen molar-refractivity contribution in [1.82, 2.24) is 9.80 Å². The third-order valence-corrected chi connectivity index (χ3v) is 5.03. The van der Waals surface area contributed by atoms with E-state index in [1.165, 1.54) is 4.90 Å². The number of hydrogen-bond acceptors (Lipinski definition) is 3. The predicted octanol–water partition coefficient (Wildman–Crippen LogP) is 3.02. The highest BCUT2D eigenvalue weighted by molar-refractivity contribution is 6.30. The minimum Gasteiger partial charge on any atom is -0.311 e. The second kappa shape index (κ2) is 7.51. The van der Waals surface area contributed by atoms with Gasteiger partial charge in [-0.3, -0.25) is 14.6 Å². The zero-order valence-corrected chi connectivity index (χ0v) is 14.6. The molecule has 1 amide bonds. The number of nitrogens with zero attached hydrogens (tertiary/aromatic N) is 3. The molecule has 0 saturated carbocycles. The van der Waals surface area contributed by atoms with Gasteiger partial charge in [-0.2, -0.15) is 13.2 Å². The lowest BCUT2D eigenvalue weighted by Gasteiger charge is -2.27. The van der Waals surface area contributed by atoms with E-state index in [1.807, 2.05) is 17.0 Å². The van der Waals surface area contributed by atoms with Crippen LogP contribution in [0.4, 0.5) is 18.9 Å². The Kier molecular flexibility index (Phi) is 5.55. The van der Waals surface area contributed by atoms with Crippen LogP contribution in [0.3, 0.4) is 0 Å². The van der Waals surface area contributed by atoms with Crippen LogP contribution < -0.4 is 4.90 Å². The molecule has 1 aromatic carbocycles. The predicted molar refractivity (Wildman–Crippen MR) is 90.9 cm³/mol. The van der Waals surface area contributed by atoms with E-state index in [2.05, 4.69) is 0 Å². The third kappa shape index (κ3) is 4.65. The third-order valence-electron chi connectivity index (χ3n) is 4.78. The van der Waals surface area contributed by atoms with Crippen LogP contribution in [0.15, 0.2) is 24.3 Å². The second-order valence-electron chi connectivity index (χ2n) is 6.55. The summed E-state index contributed by atoms with van der Waals surface area (Å²) in [4.78, 5) is 18.0. The second-order valence-corrected chi connectivity index (χ2v) is 6.99. The summed E-state index contributed by atoms with van der Waals surface area (Å²) in [6, 6.07) is 6.88. The van der Waals surface area contributed by atoms with E-state index in [0.717, 1.165) is 5.69 Å². The first-order chi connectivity index (χ1) is 11.8. The highest BCUT2D eigenvalue weighted by atomic mass is 35.5. The summed E-state index contributed by atoms with van der Waals surface area (Å²) in [5, 5.41) is 0.615. The van der Waals surface area contributed by atoms with Crippen LogP contribution in [0.1, 0.15) is 12.8 Å². The first kappa shape index (κ1) is 18.5. The maximum Gasteiger partial charge on any atom is 0.401 e. The fourth-order valence-electron chi connectivity index (χ4n) is 3.60. The van der Waals surface area contributed by atoms with Crippen LogP contribution >= 0.6 is 11.6 Å². The van der Waals surface area contributed by atoms with Crippen LogP contribution in [0.2, 0.25) is 5.02 Å². The lowest BCUT2D eigenvalue weighted by Crippen LogP contribution is -2.44. The van der Waals surface area contributed by atoms with E-state index >= 15 is 0 Å². The average molecular weight is 376 g/mol. The smallest absolute Gasteiger partial charge is 0.311 e. The molecule has 3 rings (SSSR count). The van der Waals surface area contributed by atoms with Gasteiger partial charge >= 0.3 is 6.18 Å². The number of carbonyl (C=O) groups excluding carboxylic acids is 1. The summed E-state index contributed by atoms with van der Waals surface area (Å²) in [6.45, 7) is 1.63. The van der Waals surface area contributed by atoms with E-state index in [9.17, 15) is 18.0 Å². The van der Waals surface area contributed by atoms with Crippen LogP contribution in [0.5, 0.6) is 0 Å². The zero-order chi connectivity index (χ0) is 18.0. The van der Waals surface area contributed by atoms with Gasteiger partial charge in [0.2, 0.25) is 5.91 Å². The van der Waals surface area contributed by atoms with Gasteiger partial charge in [-0.15, -0.1) is 0 Å². The molecule has 1 atom stereocenters. The summed E-state index contributed by atoms with van der Waals surface area (Å²) in [5.74, 6) is 0.0200. The molecule has 25 heavy (non-hydrogen) atoms. The summed E-state index contributed by atoms with van der Waals surface area (Å²) in [6.07, 6.45) is -2.84. The van der Waals surface area contributed by atoms with Crippen molar-refractivity contribution in [2.24, 2.45) is 0 Å². The van der Waals surface area contributed by atoms with Gasteiger partial charge in [0.1, 0.15) is 0 Å². The largest absolute Gasteiger partial charge is 0.401 e. The summed E-state index contributed by atoms with van der Waals surface area (Å²) >= 11 is 5.89. The highest BCUT2D eigenvalue weighted by Crippen LogP contribution is 2.26. The van der Waals surface area contributed by atoms with Crippen LogP contribution in [-0.2, 0) is 4.79 Å². The molecule has 1 unspecified atom stereocenters. The molecule has 0 aromatic heterocycles. The van der Waals surface area contributed by atoms with Gasteiger partial charge in [0.05, 0.1) is 12.6 Å². The Morgan fingerprint density at radius 1 is 1.04 bits per heavy atom. The lowest BCUT2D eigenvalue weighted by atomic mass is 10.2. The molecular weight excluding hydrogens is 355 g/mol. The SMILES string of the molecule is O=C1C(N2CCCN(CC(F)(F)F)CC2)CCN1c1ccc(Cl)cc1. The minimum absolute atomic E-state index is 0.0200. The normalized spacial score (nSPS) is 23.9. The molecule has 0 spiro atoms. The standard InChI is InChI=1S/C17H21ClF3N3O/c18-13-2-4-14(5-3-13)24-9-6-15(16(24)25)23-8-1-7-22(10-11-23)12-17(19,20)21/h2-5,15H,1,6-12H2. The molecule has 0 radical (unpaired) electrons. The van der Waals surface area contributed by atoms with Crippen molar-refractivity contribution in [2.45, 2.75) is 25.1 Å². The first-order valence-electron chi connectivity index (χ1n) is 8.43. The number of alkyl halides is 3. The van der Waals surface area contributed by atoms with Crippen molar-refractivity contribution in [1.29, 1.82) is 0 Å². The molecule has 4 nitrogen and oxygen atoms in total. The number of carbonyl (C=O) groups is 1. The van der Waals surface area contributed by atoms with Crippen molar-refractivity contribution < 1.29 is 18.0 Å². The van der Waals surface area contributed by atoms with Crippen molar-refractivity contribution in [2.75, 3.05) is 44.2 Å². The van der Waals surface area contributed by atoms with Crippen LogP contribution in [0.25, 0.3) is 0 Å². The van der Waals surface area contributed by atoms with Gasteiger partial charge in [0.15, 0.2) is 0 Å². The Morgan fingerprint density at radius 2 is 1.76 bits per heavy atom. The molecule has 0 N–H and O–H groups in total. The molecule has 0 aliphatic carbocycles. The highest BCUT2D eigenvalue weighted by Gasteiger charge is 2.38. The number of benzene rings is 1. The maximum atomic E-state index is 12.8. The van der Waals surface area contributed by atoms with Gasteiger partial charge < -0.3 is 4.90 Å². The molecule has 2 aliphatic rings. The molecule has 2 aliphatic heterocycles. The van der Waals surface area contributed by atoms with Crippen molar-refractivity contribution in [3.8, 4) is 0 Å². The number of rotatable bonds is 3. The van der Waals surface area contributed by atoms with E-state index < -0.39 is 12.7 Å². The number of amides is 1. The summed E-state index contributed by atoms with van der Waals surface area (Å²) in [7, 11) is 0. The Balaban J connectivity index is 1.61. The van der Waals surface area contributed by atoms with E-state index in [1.54, 1.807) is 17.0 Å². The topological polar surface area (TPSA) is 26.8 Å². The van der Waals surface area contributed by atoms with Crippen molar-refractivity contribution in [3.05, 3.63) is 29.3 Å². The van der Waals surface area contributed by atoms with E-state index in [0.29, 0.717) is 50.6 Å². The Hall–Kier alpha value is -1.31. The van der Waals surface area contributed by atoms with E-state index in [-0.39, 0.29) is 11.9 Å². The maximum absolute atomic E-state index is 12.8. The molecule has 2 heterocycles. The molecule has 8 heteroatoms. The summed E-state index contributed by atoms with van der Waals surface area (Å²) < 4.78 is 37.7.